The summed E-state index contributed by atoms with van der Waals surface area (Å²) in [6.45, 7) is 2.24. The van der Waals surface area contributed by atoms with Crippen LogP contribution in [0, 0.1) is 17.3 Å². The zero-order valence-corrected chi connectivity index (χ0v) is 18.4. The van der Waals surface area contributed by atoms with E-state index in [0.717, 1.165) is 56.9 Å². The standard InChI is InChI=1S/C25H42O4/c1-2-3-14-25(15-6-7-16-25)23(27)13-11-18-10-12-22(26)20(18)9-5-4-8-19-17-21(19)24(28)29/h18,20,22-23,26-27H,2-17H2,1H3,(H,28,29)/t18-,20-,22+,23?/m1/s1. The Balaban J connectivity index is 1.42. The van der Waals surface area contributed by atoms with Crippen molar-refractivity contribution in [3.05, 3.63) is 11.1 Å². The van der Waals surface area contributed by atoms with Crippen molar-refractivity contribution in [3.63, 3.8) is 0 Å². The van der Waals surface area contributed by atoms with Gasteiger partial charge in [-0.2, -0.15) is 0 Å². The lowest BCUT2D eigenvalue weighted by atomic mass is 9.73. The second-order valence-electron chi connectivity index (χ2n) is 10.1. The topological polar surface area (TPSA) is 77.8 Å². The maximum atomic E-state index is 11.1. The van der Waals surface area contributed by atoms with Crippen molar-refractivity contribution in [1.82, 2.24) is 0 Å². The van der Waals surface area contributed by atoms with Crippen molar-refractivity contribution in [2.75, 3.05) is 0 Å². The number of aliphatic hydroxyl groups excluding tert-OH is 2. The summed E-state index contributed by atoms with van der Waals surface area (Å²) in [5.74, 6) is 0.160. The average Bonchev–Trinajstić information content (AvgIpc) is 3.18. The van der Waals surface area contributed by atoms with Gasteiger partial charge in [0, 0.05) is 12.0 Å². The number of aliphatic hydroxyl groups is 2. The molecule has 0 aliphatic heterocycles. The van der Waals surface area contributed by atoms with Crippen molar-refractivity contribution < 1.29 is 20.1 Å². The van der Waals surface area contributed by atoms with Crippen LogP contribution in [0.2, 0.25) is 0 Å². The van der Waals surface area contributed by atoms with E-state index >= 15 is 0 Å². The molecular formula is C25H42O4. The van der Waals surface area contributed by atoms with Crippen LogP contribution in [0.15, 0.2) is 11.1 Å². The highest BCUT2D eigenvalue weighted by atomic mass is 16.4. The SMILES string of the molecule is CCCCC1(C(O)CC[C@H]2CC[C@H](O)[C@@H]2CCCCC2=C(C(=O)O)C2)CCCC1. The van der Waals surface area contributed by atoms with E-state index in [1.54, 1.807) is 0 Å². The van der Waals surface area contributed by atoms with Crippen molar-refractivity contribution in [1.29, 1.82) is 0 Å². The molecular weight excluding hydrogens is 364 g/mol. The molecule has 4 nitrogen and oxygen atoms in total. The summed E-state index contributed by atoms with van der Waals surface area (Å²) in [4.78, 5) is 10.9. The summed E-state index contributed by atoms with van der Waals surface area (Å²) in [6.07, 6.45) is 16.9. The molecule has 0 amide bonds. The first-order chi connectivity index (χ1) is 14.0. The Labute approximate surface area is 176 Å². The van der Waals surface area contributed by atoms with Crippen molar-refractivity contribution >= 4 is 5.97 Å². The van der Waals surface area contributed by atoms with Gasteiger partial charge in [-0.05, 0) is 81.5 Å². The Kier molecular flexibility index (Phi) is 8.21. The lowest BCUT2D eigenvalue weighted by Gasteiger charge is -2.35. The van der Waals surface area contributed by atoms with Gasteiger partial charge in [0.15, 0.2) is 0 Å². The summed E-state index contributed by atoms with van der Waals surface area (Å²) < 4.78 is 0. The first-order valence-electron chi connectivity index (χ1n) is 12.3. The van der Waals surface area contributed by atoms with Gasteiger partial charge in [-0.3, -0.25) is 0 Å². The molecule has 1 unspecified atom stereocenters. The van der Waals surface area contributed by atoms with Crippen molar-refractivity contribution in [2.45, 2.75) is 122 Å². The molecule has 2 saturated carbocycles. The Morgan fingerprint density at radius 2 is 1.90 bits per heavy atom. The second kappa shape index (κ2) is 10.4. The Bertz CT molecular complexity index is 575. The molecule has 0 aromatic heterocycles. The molecule has 0 heterocycles. The maximum absolute atomic E-state index is 11.1. The van der Waals surface area contributed by atoms with Gasteiger partial charge in [0.1, 0.15) is 0 Å². The lowest BCUT2D eigenvalue weighted by molar-refractivity contribution is -0.132. The van der Waals surface area contributed by atoms with Crippen LogP contribution >= 0.6 is 0 Å². The summed E-state index contributed by atoms with van der Waals surface area (Å²) in [5, 5.41) is 30.5. The first-order valence-corrected chi connectivity index (χ1v) is 12.3. The molecule has 3 aliphatic carbocycles. The molecule has 0 spiro atoms. The van der Waals surface area contributed by atoms with Crippen LogP contribution in [-0.4, -0.2) is 33.5 Å². The monoisotopic (exact) mass is 406 g/mol. The van der Waals surface area contributed by atoms with Gasteiger partial charge in [-0.1, -0.05) is 44.6 Å². The highest BCUT2D eigenvalue weighted by Gasteiger charge is 2.41. The molecule has 0 aromatic rings. The van der Waals surface area contributed by atoms with Crippen LogP contribution in [0.25, 0.3) is 0 Å². The zero-order valence-electron chi connectivity index (χ0n) is 18.4. The number of aliphatic carboxylic acids is 1. The Hall–Kier alpha value is -0.870. The van der Waals surface area contributed by atoms with Crippen LogP contribution in [0.3, 0.4) is 0 Å². The molecule has 3 aliphatic rings. The van der Waals surface area contributed by atoms with E-state index in [-0.39, 0.29) is 17.6 Å². The molecule has 4 heteroatoms. The first kappa shape index (κ1) is 22.8. The Morgan fingerprint density at radius 3 is 2.55 bits per heavy atom. The quantitative estimate of drug-likeness (QED) is 0.347. The smallest absolute Gasteiger partial charge is 0.331 e. The predicted molar refractivity (Wildman–Crippen MR) is 116 cm³/mol. The van der Waals surface area contributed by atoms with E-state index in [1.807, 2.05) is 0 Å². The molecule has 29 heavy (non-hydrogen) atoms. The third-order valence-corrected chi connectivity index (χ3v) is 8.29. The van der Waals surface area contributed by atoms with E-state index < -0.39 is 5.97 Å². The molecule has 4 atom stereocenters. The third kappa shape index (κ3) is 5.85. The van der Waals surface area contributed by atoms with E-state index in [4.69, 9.17) is 5.11 Å². The summed E-state index contributed by atoms with van der Waals surface area (Å²) in [6, 6.07) is 0. The number of allylic oxidation sites excluding steroid dienone is 1. The van der Waals surface area contributed by atoms with Gasteiger partial charge in [0.2, 0.25) is 0 Å². The number of carboxylic acid groups (broad SMARTS) is 1. The van der Waals surface area contributed by atoms with E-state index in [2.05, 4.69) is 6.92 Å². The zero-order chi connectivity index (χ0) is 20.9. The fraction of sp³-hybridized carbons (Fsp3) is 0.880. The van der Waals surface area contributed by atoms with Crippen LogP contribution in [0.5, 0.6) is 0 Å². The molecule has 0 saturated heterocycles. The normalized spacial score (nSPS) is 29.4. The third-order valence-electron chi connectivity index (χ3n) is 8.29. The van der Waals surface area contributed by atoms with Gasteiger partial charge in [-0.15, -0.1) is 0 Å². The van der Waals surface area contributed by atoms with Crippen LogP contribution < -0.4 is 0 Å². The summed E-state index contributed by atoms with van der Waals surface area (Å²) >= 11 is 0. The highest BCUT2D eigenvalue weighted by molar-refractivity contribution is 5.93. The van der Waals surface area contributed by atoms with Crippen molar-refractivity contribution in [2.24, 2.45) is 17.3 Å². The average molecular weight is 407 g/mol. The number of rotatable bonds is 13. The van der Waals surface area contributed by atoms with E-state index in [9.17, 15) is 15.0 Å². The van der Waals surface area contributed by atoms with Crippen LogP contribution in [0.4, 0.5) is 0 Å². The molecule has 166 valence electrons. The molecule has 3 N–H and O–H groups in total. The summed E-state index contributed by atoms with van der Waals surface area (Å²) in [5.41, 5.74) is 1.92. The van der Waals surface area contributed by atoms with Crippen LogP contribution in [-0.2, 0) is 4.79 Å². The highest BCUT2D eigenvalue weighted by Crippen LogP contribution is 2.48. The lowest BCUT2D eigenvalue weighted by Crippen LogP contribution is -2.33. The van der Waals surface area contributed by atoms with Gasteiger partial charge < -0.3 is 15.3 Å². The van der Waals surface area contributed by atoms with Gasteiger partial charge in [0.25, 0.3) is 0 Å². The molecule has 2 fully saturated rings. The fourth-order valence-corrected chi connectivity index (χ4v) is 6.30. The largest absolute Gasteiger partial charge is 0.478 e. The molecule has 0 aromatic carbocycles. The second-order valence-corrected chi connectivity index (χ2v) is 10.1. The minimum absolute atomic E-state index is 0.169. The number of unbranched alkanes of at least 4 members (excludes halogenated alkanes) is 2. The minimum Gasteiger partial charge on any atom is -0.478 e. The summed E-state index contributed by atoms with van der Waals surface area (Å²) in [7, 11) is 0. The number of hydrogen-bond donors (Lipinski definition) is 3. The van der Waals surface area contributed by atoms with E-state index in [1.165, 1.54) is 44.9 Å². The molecule has 0 radical (unpaired) electrons. The number of carbonyl (C=O) groups is 1. The van der Waals surface area contributed by atoms with Crippen LogP contribution in [0.1, 0.15) is 110 Å². The fourth-order valence-electron chi connectivity index (χ4n) is 6.30. The molecule has 3 rings (SSSR count). The number of carboxylic acids is 1. The molecule has 0 bridgehead atoms. The van der Waals surface area contributed by atoms with E-state index in [0.29, 0.717) is 23.8 Å². The van der Waals surface area contributed by atoms with Crippen molar-refractivity contribution in [3.8, 4) is 0 Å². The predicted octanol–water partition coefficient (Wildman–Crippen LogP) is 5.61. The van der Waals surface area contributed by atoms with Gasteiger partial charge in [-0.25, -0.2) is 4.79 Å². The number of hydrogen-bond acceptors (Lipinski definition) is 3. The van der Waals surface area contributed by atoms with Gasteiger partial charge >= 0.3 is 5.97 Å². The Morgan fingerprint density at radius 1 is 1.14 bits per heavy atom. The minimum atomic E-state index is -0.746. The van der Waals surface area contributed by atoms with Gasteiger partial charge in [0.05, 0.1) is 12.2 Å². The maximum Gasteiger partial charge on any atom is 0.331 e.